The van der Waals surface area contributed by atoms with E-state index in [2.05, 4.69) is 10.3 Å². The van der Waals surface area contributed by atoms with E-state index in [0.29, 0.717) is 11.4 Å². The minimum atomic E-state index is -4.56. The van der Waals surface area contributed by atoms with Crippen LogP contribution in [0.25, 0.3) is 0 Å². The first-order chi connectivity index (χ1) is 13.3. The van der Waals surface area contributed by atoms with Gasteiger partial charge in [0.2, 0.25) is 0 Å². The molecule has 3 rings (SSSR count). The van der Waals surface area contributed by atoms with Gasteiger partial charge >= 0.3 is 6.18 Å². The van der Waals surface area contributed by atoms with Crippen molar-refractivity contribution in [3.05, 3.63) is 89.5 Å². The lowest BCUT2D eigenvalue weighted by molar-refractivity contribution is -0.141. The second-order valence-corrected chi connectivity index (χ2v) is 5.83. The van der Waals surface area contributed by atoms with Crippen molar-refractivity contribution in [3.63, 3.8) is 0 Å². The lowest BCUT2D eigenvalue weighted by Crippen LogP contribution is -2.14. The molecule has 1 amide bonds. The molecule has 3 aromatic rings. The minimum absolute atomic E-state index is 0.00867. The Morgan fingerprint density at radius 1 is 1.04 bits per heavy atom. The summed E-state index contributed by atoms with van der Waals surface area (Å²) in [6, 6.07) is 14.2. The summed E-state index contributed by atoms with van der Waals surface area (Å²) in [5.74, 6) is -0.476. The predicted octanol–water partition coefficient (Wildman–Crippen LogP) is 5.07. The number of halogens is 4. The molecule has 0 fully saturated rings. The number of hydrogen-bond donors (Lipinski definition) is 1. The van der Waals surface area contributed by atoms with Gasteiger partial charge in [0.1, 0.15) is 23.9 Å². The molecule has 0 aliphatic carbocycles. The molecule has 1 heterocycles. The first-order valence-electron chi connectivity index (χ1n) is 8.13. The minimum Gasteiger partial charge on any atom is -0.489 e. The zero-order valence-corrected chi connectivity index (χ0v) is 14.3. The maximum Gasteiger partial charge on any atom is 0.433 e. The molecule has 0 unspecified atom stereocenters. The standard InChI is InChI=1S/C20H14F4N2O2/c21-15-7-4-13(5-8-15)12-28-17-3-1-2-16(10-17)26-19(27)14-6-9-18(25-11-14)20(22,23)24/h1-11H,12H2,(H,26,27). The van der Waals surface area contributed by atoms with Crippen LogP contribution < -0.4 is 10.1 Å². The van der Waals surface area contributed by atoms with E-state index in [9.17, 15) is 22.4 Å². The highest BCUT2D eigenvalue weighted by molar-refractivity contribution is 6.04. The maximum absolute atomic E-state index is 12.9. The van der Waals surface area contributed by atoms with E-state index in [4.69, 9.17) is 4.74 Å². The third-order valence-corrected chi connectivity index (χ3v) is 3.73. The average Bonchev–Trinajstić information content (AvgIpc) is 2.67. The Morgan fingerprint density at radius 3 is 2.43 bits per heavy atom. The zero-order chi connectivity index (χ0) is 20.1. The van der Waals surface area contributed by atoms with Crippen LogP contribution in [0.15, 0.2) is 66.9 Å². The highest BCUT2D eigenvalue weighted by atomic mass is 19.4. The van der Waals surface area contributed by atoms with Gasteiger partial charge in [-0.05, 0) is 42.0 Å². The van der Waals surface area contributed by atoms with E-state index in [1.54, 1.807) is 36.4 Å². The summed E-state index contributed by atoms with van der Waals surface area (Å²) in [5, 5.41) is 2.57. The molecule has 0 radical (unpaired) electrons. The number of pyridine rings is 1. The summed E-state index contributed by atoms with van der Waals surface area (Å²) >= 11 is 0. The lowest BCUT2D eigenvalue weighted by Gasteiger charge is -2.10. The van der Waals surface area contributed by atoms with Crippen LogP contribution in [0.2, 0.25) is 0 Å². The van der Waals surface area contributed by atoms with Crippen molar-refractivity contribution in [3.8, 4) is 5.75 Å². The molecule has 0 saturated carbocycles. The number of nitrogens with one attached hydrogen (secondary N) is 1. The van der Waals surface area contributed by atoms with Crippen LogP contribution in [-0.4, -0.2) is 10.9 Å². The van der Waals surface area contributed by atoms with Crippen LogP contribution in [0.4, 0.5) is 23.2 Å². The molecule has 8 heteroatoms. The number of alkyl halides is 3. The molecule has 0 spiro atoms. The number of aromatic nitrogens is 1. The van der Waals surface area contributed by atoms with Crippen LogP contribution in [0.1, 0.15) is 21.6 Å². The second-order valence-electron chi connectivity index (χ2n) is 5.83. The Hall–Kier alpha value is -3.42. The topological polar surface area (TPSA) is 51.2 Å². The van der Waals surface area contributed by atoms with Crippen LogP contribution in [-0.2, 0) is 12.8 Å². The Labute approximate surface area is 157 Å². The molecular formula is C20H14F4N2O2. The van der Waals surface area contributed by atoms with Crippen molar-refractivity contribution in [2.24, 2.45) is 0 Å². The van der Waals surface area contributed by atoms with Crippen molar-refractivity contribution in [1.82, 2.24) is 4.98 Å². The number of anilines is 1. The van der Waals surface area contributed by atoms with E-state index in [1.165, 1.54) is 12.1 Å². The van der Waals surface area contributed by atoms with Crippen LogP contribution in [0, 0.1) is 5.82 Å². The molecule has 144 valence electrons. The number of rotatable bonds is 5. The van der Waals surface area contributed by atoms with E-state index < -0.39 is 17.8 Å². The van der Waals surface area contributed by atoms with Gasteiger partial charge in [-0.1, -0.05) is 18.2 Å². The van der Waals surface area contributed by atoms with Crippen LogP contribution >= 0.6 is 0 Å². The van der Waals surface area contributed by atoms with Gasteiger partial charge < -0.3 is 10.1 Å². The van der Waals surface area contributed by atoms with Gasteiger partial charge in [0.05, 0.1) is 5.56 Å². The summed E-state index contributed by atoms with van der Waals surface area (Å²) in [7, 11) is 0. The molecular weight excluding hydrogens is 376 g/mol. The van der Waals surface area contributed by atoms with Crippen LogP contribution in [0.3, 0.4) is 0 Å². The zero-order valence-electron chi connectivity index (χ0n) is 14.3. The van der Waals surface area contributed by atoms with Crippen molar-refractivity contribution < 1.29 is 27.1 Å². The molecule has 2 aromatic carbocycles. The summed E-state index contributed by atoms with van der Waals surface area (Å²) in [6.45, 7) is 0.209. The molecule has 1 N–H and O–H groups in total. The Morgan fingerprint density at radius 2 is 1.79 bits per heavy atom. The fourth-order valence-electron chi connectivity index (χ4n) is 2.31. The van der Waals surface area contributed by atoms with Gasteiger partial charge in [0.15, 0.2) is 0 Å². The predicted molar refractivity (Wildman–Crippen MR) is 94.4 cm³/mol. The Balaban J connectivity index is 1.63. The second kappa shape index (κ2) is 8.08. The Bertz CT molecular complexity index is 955. The summed E-state index contributed by atoms with van der Waals surface area (Å²) < 4.78 is 56.1. The summed E-state index contributed by atoms with van der Waals surface area (Å²) in [5.41, 5.74) is 0.0963. The quantitative estimate of drug-likeness (QED) is 0.619. The number of carbonyl (C=O) groups is 1. The van der Waals surface area contributed by atoms with Crippen molar-refractivity contribution in [1.29, 1.82) is 0 Å². The fourth-order valence-corrected chi connectivity index (χ4v) is 2.31. The molecule has 28 heavy (non-hydrogen) atoms. The van der Waals surface area contributed by atoms with Gasteiger partial charge in [-0.2, -0.15) is 13.2 Å². The number of amides is 1. The van der Waals surface area contributed by atoms with Crippen LogP contribution in [0.5, 0.6) is 5.75 Å². The van der Waals surface area contributed by atoms with E-state index in [0.717, 1.165) is 23.9 Å². The molecule has 0 atom stereocenters. The largest absolute Gasteiger partial charge is 0.489 e. The number of carbonyl (C=O) groups excluding carboxylic acids is 1. The number of benzene rings is 2. The van der Waals surface area contributed by atoms with Gasteiger partial charge in [-0.15, -0.1) is 0 Å². The SMILES string of the molecule is O=C(Nc1cccc(OCc2ccc(F)cc2)c1)c1ccc(C(F)(F)F)nc1. The molecule has 4 nitrogen and oxygen atoms in total. The monoisotopic (exact) mass is 390 g/mol. The van der Waals surface area contributed by atoms with E-state index >= 15 is 0 Å². The number of nitrogens with zero attached hydrogens (tertiary/aromatic N) is 1. The van der Waals surface area contributed by atoms with E-state index in [1.807, 2.05) is 0 Å². The Kier molecular flexibility index (Phi) is 5.58. The van der Waals surface area contributed by atoms with Crippen molar-refractivity contribution in [2.45, 2.75) is 12.8 Å². The first-order valence-corrected chi connectivity index (χ1v) is 8.13. The van der Waals surface area contributed by atoms with Gasteiger partial charge in [-0.3, -0.25) is 9.78 Å². The summed E-state index contributed by atoms with van der Waals surface area (Å²) in [6.07, 6.45) is -3.70. The maximum atomic E-state index is 12.9. The highest BCUT2D eigenvalue weighted by Gasteiger charge is 2.32. The van der Waals surface area contributed by atoms with Gasteiger partial charge in [0.25, 0.3) is 5.91 Å². The summed E-state index contributed by atoms with van der Waals surface area (Å²) in [4.78, 5) is 15.5. The smallest absolute Gasteiger partial charge is 0.433 e. The molecule has 0 bridgehead atoms. The third kappa shape index (κ3) is 5.06. The van der Waals surface area contributed by atoms with Crippen molar-refractivity contribution in [2.75, 3.05) is 5.32 Å². The number of ether oxygens (including phenoxy) is 1. The number of hydrogen-bond acceptors (Lipinski definition) is 3. The fraction of sp³-hybridized carbons (Fsp3) is 0.100. The molecule has 1 aromatic heterocycles. The first kappa shape index (κ1) is 19.3. The highest BCUT2D eigenvalue weighted by Crippen LogP contribution is 2.27. The van der Waals surface area contributed by atoms with Gasteiger partial charge in [0, 0.05) is 18.0 Å². The average molecular weight is 390 g/mol. The third-order valence-electron chi connectivity index (χ3n) is 3.73. The lowest BCUT2D eigenvalue weighted by atomic mass is 10.2. The molecule has 0 aliphatic rings. The van der Waals surface area contributed by atoms with Crippen molar-refractivity contribution >= 4 is 11.6 Å². The molecule has 0 aliphatic heterocycles. The molecule has 0 saturated heterocycles. The van der Waals surface area contributed by atoms with Gasteiger partial charge in [-0.25, -0.2) is 4.39 Å². The normalized spacial score (nSPS) is 11.1. The van der Waals surface area contributed by atoms with E-state index in [-0.39, 0.29) is 18.0 Å².